The number of nitrogens with zero attached hydrogens (tertiary/aromatic N) is 2. The Kier molecular flexibility index (Phi) is 8.03. The number of fused-ring (bicyclic) bond motifs is 5. The fourth-order valence-electron chi connectivity index (χ4n) is 9.30. The Hall–Kier alpha value is -6.90. The second-order valence-corrected chi connectivity index (χ2v) is 14.5. The Balaban J connectivity index is 1.23. The van der Waals surface area contributed by atoms with Gasteiger partial charge < -0.3 is 0 Å². The van der Waals surface area contributed by atoms with Crippen LogP contribution in [0.3, 0.4) is 0 Å². The van der Waals surface area contributed by atoms with Crippen molar-refractivity contribution in [2.45, 2.75) is 17.8 Å². The summed E-state index contributed by atoms with van der Waals surface area (Å²) in [6.45, 7) is 4.01. The third-order valence-electron chi connectivity index (χ3n) is 11.7. The van der Waals surface area contributed by atoms with Crippen molar-refractivity contribution in [3.05, 3.63) is 250 Å². The first-order valence-corrected chi connectivity index (χ1v) is 19.0. The van der Waals surface area contributed by atoms with Gasteiger partial charge in [-0.05, 0) is 74.0 Å². The van der Waals surface area contributed by atoms with Crippen LogP contribution in [0.2, 0.25) is 0 Å². The standard InChI is InChI=1S/C53H38N2/c1-54-52(38-18-4-2-5-19-38)55-51-47-28-14-15-30-49(47)53(39-21-6-3-7-22-39,50(51)46-29-16-20-37-17-8-9-23-41(37)46)40-33-31-36(32-34-40)35-48-44-26-12-10-24-42(44)43-25-11-13-27-45(43)48/h2-34,48H,1,35H2/b55-52-. The lowest BCUT2D eigenvalue weighted by atomic mass is 9.65. The molecular formula is C53H38N2. The second-order valence-electron chi connectivity index (χ2n) is 14.5. The molecule has 8 aromatic rings. The molecule has 2 nitrogen and oxygen atoms in total. The topological polar surface area (TPSA) is 24.7 Å². The molecule has 8 aromatic carbocycles. The summed E-state index contributed by atoms with van der Waals surface area (Å²) < 4.78 is 0. The highest BCUT2D eigenvalue weighted by atomic mass is 14.9. The number of allylic oxidation sites excluding steroid dienone is 1. The van der Waals surface area contributed by atoms with Gasteiger partial charge in [-0.15, -0.1) is 0 Å². The third kappa shape index (κ3) is 5.25. The van der Waals surface area contributed by atoms with E-state index < -0.39 is 5.41 Å². The minimum Gasteiger partial charge on any atom is -0.245 e. The predicted octanol–water partition coefficient (Wildman–Crippen LogP) is 12.6. The summed E-state index contributed by atoms with van der Waals surface area (Å²) in [5.74, 6) is 0.905. The Morgan fingerprint density at radius 2 is 1.04 bits per heavy atom. The number of rotatable bonds is 7. The summed E-state index contributed by atoms with van der Waals surface area (Å²) >= 11 is 0. The van der Waals surface area contributed by atoms with Crippen LogP contribution in [0.25, 0.3) is 33.2 Å². The molecule has 2 aliphatic carbocycles. The van der Waals surface area contributed by atoms with Crippen LogP contribution in [0, 0.1) is 0 Å². The molecule has 260 valence electrons. The van der Waals surface area contributed by atoms with E-state index in [1.807, 2.05) is 18.2 Å². The molecule has 0 bridgehead atoms. The number of hydrogen-bond acceptors (Lipinski definition) is 1. The van der Waals surface area contributed by atoms with Gasteiger partial charge in [0.05, 0.1) is 11.1 Å². The number of benzene rings is 8. The average Bonchev–Trinajstić information content (AvgIpc) is 3.73. The van der Waals surface area contributed by atoms with Gasteiger partial charge in [0.25, 0.3) is 0 Å². The minimum atomic E-state index is -0.686. The van der Waals surface area contributed by atoms with Gasteiger partial charge in [0.1, 0.15) is 0 Å². The molecule has 1 unspecified atom stereocenters. The molecule has 1 atom stereocenters. The van der Waals surface area contributed by atoms with Gasteiger partial charge in [-0.2, -0.15) is 0 Å². The average molecular weight is 703 g/mol. The summed E-state index contributed by atoms with van der Waals surface area (Å²) in [6.07, 6.45) is 0.927. The van der Waals surface area contributed by atoms with Gasteiger partial charge in [0, 0.05) is 22.6 Å². The molecule has 0 saturated heterocycles. The molecule has 0 fully saturated rings. The number of aliphatic imine (C=N–C) groups is 2. The van der Waals surface area contributed by atoms with E-state index >= 15 is 0 Å². The maximum atomic E-state index is 5.51. The third-order valence-corrected chi connectivity index (χ3v) is 11.7. The van der Waals surface area contributed by atoms with Crippen molar-refractivity contribution in [3.8, 4) is 11.1 Å². The van der Waals surface area contributed by atoms with Crippen molar-refractivity contribution in [3.63, 3.8) is 0 Å². The maximum absolute atomic E-state index is 5.51. The van der Waals surface area contributed by atoms with Gasteiger partial charge >= 0.3 is 0 Å². The molecule has 0 aliphatic heterocycles. The molecule has 55 heavy (non-hydrogen) atoms. The first-order chi connectivity index (χ1) is 27.3. The molecule has 0 N–H and O–H groups in total. The minimum absolute atomic E-state index is 0.309. The molecular weight excluding hydrogens is 665 g/mol. The first kappa shape index (κ1) is 32.7. The van der Waals surface area contributed by atoms with Gasteiger partial charge in [0.15, 0.2) is 5.84 Å². The molecule has 0 heterocycles. The van der Waals surface area contributed by atoms with E-state index in [1.54, 1.807) is 0 Å². The van der Waals surface area contributed by atoms with Crippen molar-refractivity contribution in [2.24, 2.45) is 9.98 Å². The van der Waals surface area contributed by atoms with Gasteiger partial charge in [0.2, 0.25) is 0 Å². The van der Waals surface area contributed by atoms with Crippen LogP contribution in [-0.2, 0) is 11.8 Å². The lowest BCUT2D eigenvalue weighted by Gasteiger charge is -2.36. The zero-order chi connectivity index (χ0) is 36.8. The van der Waals surface area contributed by atoms with Crippen molar-refractivity contribution in [1.29, 1.82) is 0 Å². The van der Waals surface area contributed by atoms with Crippen LogP contribution >= 0.6 is 0 Å². The summed E-state index contributed by atoms with van der Waals surface area (Å²) in [5.41, 5.74) is 15.0. The fourth-order valence-corrected chi connectivity index (χ4v) is 9.30. The molecule has 0 saturated carbocycles. The van der Waals surface area contributed by atoms with E-state index in [-0.39, 0.29) is 0 Å². The Morgan fingerprint density at radius 1 is 0.491 bits per heavy atom. The Labute approximate surface area is 322 Å². The largest absolute Gasteiger partial charge is 0.245 e. The van der Waals surface area contributed by atoms with E-state index in [1.165, 1.54) is 55.3 Å². The monoisotopic (exact) mass is 702 g/mol. The lowest BCUT2D eigenvalue weighted by molar-refractivity contribution is 0.804. The van der Waals surface area contributed by atoms with Crippen LogP contribution in [0.5, 0.6) is 0 Å². The van der Waals surface area contributed by atoms with E-state index in [9.17, 15) is 0 Å². The smallest absolute Gasteiger partial charge is 0.159 e. The maximum Gasteiger partial charge on any atom is 0.159 e. The van der Waals surface area contributed by atoms with E-state index in [4.69, 9.17) is 4.99 Å². The Bertz CT molecular complexity index is 2740. The highest BCUT2D eigenvalue weighted by Gasteiger charge is 2.49. The SMILES string of the molecule is C=N/C(=N\C1=C(c2cccc3ccccc23)C(c2ccccc2)(c2ccc(CC3c4ccccc4-c4ccccc43)cc2)c2ccccc21)c1ccccc1. The zero-order valence-electron chi connectivity index (χ0n) is 30.4. The fraction of sp³-hybridized carbons (Fsp3) is 0.0566. The van der Waals surface area contributed by atoms with Crippen LogP contribution in [0.15, 0.2) is 210 Å². The Morgan fingerprint density at radius 3 is 1.75 bits per heavy atom. The zero-order valence-corrected chi connectivity index (χ0v) is 30.4. The van der Waals surface area contributed by atoms with Crippen LogP contribution in [-0.4, -0.2) is 12.6 Å². The van der Waals surface area contributed by atoms with Crippen molar-refractivity contribution >= 4 is 34.6 Å². The lowest BCUT2D eigenvalue weighted by Crippen LogP contribution is -2.29. The van der Waals surface area contributed by atoms with E-state index in [2.05, 4.69) is 194 Å². The molecule has 2 heteroatoms. The van der Waals surface area contributed by atoms with Crippen molar-refractivity contribution in [1.82, 2.24) is 0 Å². The van der Waals surface area contributed by atoms with Crippen molar-refractivity contribution < 1.29 is 0 Å². The summed E-state index contributed by atoms with van der Waals surface area (Å²) in [5, 5.41) is 2.37. The summed E-state index contributed by atoms with van der Waals surface area (Å²) in [6, 6.07) is 72.5. The molecule has 0 radical (unpaired) electrons. The highest BCUT2D eigenvalue weighted by molar-refractivity contribution is 6.14. The molecule has 0 spiro atoms. The van der Waals surface area contributed by atoms with Crippen molar-refractivity contribution in [2.75, 3.05) is 0 Å². The summed E-state index contributed by atoms with van der Waals surface area (Å²) in [7, 11) is 0. The number of hydrogen-bond donors (Lipinski definition) is 0. The second kappa shape index (κ2) is 13.5. The highest BCUT2D eigenvalue weighted by Crippen LogP contribution is 2.59. The quantitative estimate of drug-likeness (QED) is 0.117. The van der Waals surface area contributed by atoms with Crippen LogP contribution in [0.4, 0.5) is 0 Å². The first-order valence-electron chi connectivity index (χ1n) is 19.0. The molecule has 0 amide bonds. The predicted molar refractivity (Wildman–Crippen MR) is 230 cm³/mol. The van der Waals surface area contributed by atoms with Gasteiger partial charge in [-0.3, -0.25) is 0 Å². The van der Waals surface area contributed by atoms with E-state index in [0.717, 1.165) is 34.4 Å². The normalized spacial score (nSPS) is 16.2. The summed E-state index contributed by atoms with van der Waals surface area (Å²) in [4.78, 5) is 10.0. The van der Waals surface area contributed by atoms with E-state index in [0.29, 0.717) is 11.8 Å². The molecule has 2 aliphatic rings. The van der Waals surface area contributed by atoms with Gasteiger partial charge in [-0.25, -0.2) is 9.98 Å². The van der Waals surface area contributed by atoms with Gasteiger partial charge in [-0.1, -0.05) is 200 Å². The molecule has 0 aromatic heterocycles. The van der Waals surface area contributed by atoms with Crippen LogP contribution < -0.4 is 0 Å². The van der Waals surface area contributed by atoms with Crippen LogP contribution in [0.1, 0.15) is 56.0 Å². The number of amidine groups is 1. The molecule has 10 rings (SSSR count).